The van der Waals surface area contributed by atoms with Crippen LogP contribution in [0, 0.1) is 0 Å². The minimum Gasteiger partial charge on any atom is -0.507 e. The molecule has 1 aromatic carbocycles. The monoisotopic (exact) mass is 220 g/mol. The number of phenols is 1. The molecule has 0 bridgehead atoms. The number of ether oxygens (including phenoxy) is 1. The van der Waals surface area contributed by atoms with Crippen molar-refractivity contribution in [1.29, 1.82) is 0 Å². The van der Waals surface area contributed by atoms with E-state index in [4.69, 9.17) is 0 Å². The Hall–Kier alpha value is -1.84. The Morgan fingerprint density at radius 3 is 2.19 bits per heavy atom. The van der Waals surface area contributed by atoms with Crippen LogP contribution in [0.15, 0.2) is 12.1 Å². The summed E-state index contributed by atoms with van der Waals surface area (Å²) in [5.74, 6) is -1.66. The van der Waals surface area contributed by atoms with E-state index in [-0.39, 0.29) is 22.3 Å². The first kappa shape index (κ1) is 10.7. The predicted molar refractivity (Wildman–Crippen MR) is 56.6 cm³/mol. The van der Waals surface area contributed by atoms with Gasteiger partial charge in [0.25, 0.3) is 0 Å². The molecule has 0 atom stereocenters. The number of hydrogen-bond donors (Lipinski definition) is 1. The molecule has 0 fully saturated rings. The summed E-state index contributed by atoms with van der Waals surface area (Å²) < 4.78 is 4.51. The van der Waals surface area contributed by atoms with E-state index in [2.05, 4.69) is 4.74 Å². The van der Waals surface area contributed by atoms with E-state index in [1.807, 2.05) is 20.8 Å². The Labute approximate surface area is 92.8 Å². The molecule has 4 heteroatoms. The number of carbonyl (C=O) groups is 2. The molecule has 1 aromatic rings. The first-order chi connectivity index (χ1) is 7.32. The summed E-state index contributed by atoms with van der Waals surface area (Å²) in [4.78, 5) is 22.9. The molecule has 2 rings (SSSR count). The van der Waals surface area contributed by atoms with Gasteiger partial charge in [0.2, 0.25) is 0 Å². The minimum absolute atomic E-state index is 0.0163. The zero-order valence-corrected chi connectivity index (χ0v) is 9.33. The second-order valence-electron chi connectivity index (χ2n) is 4.81. The molecule has 0 aliphatic carbocycles. The maximum absolute atomic E-state index is 11.5. The second-order valence-corrected chi connectivity index (χ2v) is 4.81. The van der Waals surface area contributed by atoms with Gasteiger partial charge in [0, 0.05) is 0 Å². The average molecular weight is 220 g/mol. The molecular weight excluding hydrogens is 208 g/mol. The number of phenolic OH excluding ortho intramolecular Hbond substituents is 1. The molecule has 0 amide bonds. The highest BCUT2D eigenvalue weighted by Crippen LogP contribution is 2.36. The number of fused-ring (bicyclic) bond motifs is 1. The van der Waals surface area contributed by atoms with Crippen molar-refractivity contribution < 1.29 is 19.4 Å². The second kappa shape index (κ2) is 3.07. The van der Waals surface area contributed by atoms with Gasteiger partial charge < -0.3 is 9.84 Å². The quantitative estimate of drug-likeness (QED) is 0.536. The van der Waals surface area contributed by atoms with Gasteiger partial charge in [-0.05, 0) is 17.0 Å². The summed E-state index contributed by atoms with van der Waals surface area (Å²) in [6.07, 6.45) is 0. The average Bonchev–Trinajstić information content (AvgIpc) is 2.42. The number of carbonyl (C=O) groups excluding carboxylic acids is 2. The van der Waals surface area contributed by atoms with E-state index in [1.54, 1.807) is 6.07 Å². The van der Waals surface area contributed by atoms with Crippen molar-refractivity contribution in [2.75, 3.05) is 0 Å². The highest BCUT2D eigenvalue weighted by Gasteiger charge is 2.37. The van der Waals surface area contributed by atoms with Crippen molar-refractivity contribution in [3.8, 4) is 5.75 Å². The van der Waals surface area contributed by atoms with Crippen molar-refractivity contribution >= 4 is 11.9 Å². The summed E-state index contributed by atoms with van der Waals surface area (Å²) in [5, 5.41) is 9.56. The Balaban J connectivity index is 2.79. The fourth-order valence-electron chi connectivity index (χ4n) is 1.82. The maximum atomic E-state index is 11.5. The molecule has 4 nitrogen and oxygen atoms in total. The number of aromatic hydroxyl groups is 1. The van der Waals surface area contributed by atoms with Crippen LogP contribution in [-0.4, -0.2) is 17.0 Å². The third-order valence-electron chi connectivity index (χ3n) is 2.59. The van der Waals surface area contributed by atoms with Crippen molar-refractivity contribution in [1.82, 2.24) is 0 Å². The van der Waals surface area contributed by atoms with Crippen molar-refractivity contribution in [2.45, 2.75) is 26.2 Å². The molecule has 1 heterocycles. The first-order valence-electron chi connectivity index (χ1n) is 4.95. The molecule has 0 unspecified atom stereocenters. The number of rotatable bonds is 0. The Morgan fingerprint density at radius 1 is 1.06 bits per heavy atom. The normalized spacial score (nSPS) is 14.9. The minimum atomic E-state index is -0.774. The molecule has 0 aromatic heterocycles. The zero-order chi connectivity index (χ0) is 12.1. The van der Waals surface area contributed by atoms with Crippen LogP contribution in [0.1, 0.15) is 47.1 Å². The van der Waals surface area contributed by atoms with Crippen molar-refractivity contribution in [3.05, 3.63) is 28.8 Å². The van der Waals surface area contributed by atoms with Crippen molar-refractivity contribution in [2.24, 2.45) is 0 Å². The smallest absolute Gasteiger partial charge is 0.350 e. The lowest BCUT2D eigenvalue weighted by molar-refractivity contribution is 0.0442. The topological polar surface area (TPSA) is 63.6 Å². The van der Waals surface area contributed by atoms with Crippen LogP contribution in [0.5, 0.6) is 5.75 Å². The molecule has 1 N–H and O–H groups in total. The molecular formula is C12H12O4. The van der Waals surface area contributed by atoms with Gasteiger partial charge in [-0.15, -0.1) is 0 Å². The van der Waals surface area contributed by atoms with Crippen LogP contribution in [0.2, 0.25) is 0 Å². The van der Waals surface area contributed by atoms with Gasteiger partial charge in [-0.3, -0.25) is 0 Å². The summed E-state index contributed by atoms with van der Waals surface area (Å²) in [7, 11) is 0. The van der Waals surface area contributed by atoms with Crippen molar-refractivity contribution in [3.63, 3.8) is 0 Å². The van der Waals surface area contributed by atoms with Crippen LogP contribution >= 0.6 is 0 Å². The van der Waals surface area contributed by atoms with E-state index in [1.165, 1.54) is 6.07 Å². The van der Waals surface area contributed by atoms with E-state index in [0.717, 1.165) is 0 Å². The zero-order valence-electron chi connectivity index (χ0n) is 9.33. The largest absolute Gasteiger partial charge is 0.507 e. The molecule has 0 saturated carbocycles. The lowest BCUT2D eigenvalue weighted by Crippen LogP contribution is -2.16. The first-order valence-corrected chi connectivity index (χ1v) is 4.95. The maximum Gasteiger partial charge on any atom is 0.350 e. The van der Waals surface area contributed by atoms with Crippen LogP contribution in [0.3, 0.4) is 0 Å². The number of esters is 2. The molecule has 1 aliphatic heterocycles. The molecule has 1 aliphatic rings. The van der Waals surface area contributed by atoms with Gasteiger partial charge in [0.05, 0.1) is 5.56 Å². The van der Waals surface area contributed by atoms with Gasteiger partial charge >= 0.3 is 11.9 Å². The molecule has 0 saturated heterocycles. The third-order valence-corrected chi connectivity index (χ3v) is 2.59. The van der Waals surface area contributed by atoms with E-state index < -0.39 is 11.9 Å². The lowest BCUT2D eigenvalue weighted by atomic mass is 9.82. The van der Waals surface area contributed by atoms with Gasteiger partial charge in [-0.1, -0.05) is 26.8 Å². The van der Waals surface area contributed by atoms with Gasteiger partial charge in [-0.2, -0.15) is 0 Å². The van der Waals surface area contributed by atoms with Crippen LogP contribution < -0.4 is 0 Å². The van der Waals surface area contributed by atoms with E-state index >= 15 is 0 Å². The Bertz CT molecular complexity index is 494. The number of cyclic esters (lactones) is 2. The predicted octanol–water partition coefficient (Wildman–Crippen LogP) is 2.00. The van der Waals surface area contributed by atoms with Gasteiger partial charge in [-0.25, -0.2) is 9.59 Å². The summed E-state index contributed by atoms with van der Waals surface area (Å²) >= 11 is 0. The SMILES string of the molecule is CC(C)(C)c1ccc(O)c2c1C(=O)OC2=O. The molecule has 16 heavy (non-hydrogen) atoms. The molecule has 0 radical (unpaired) electrons. The number of benzene rings is 1. The van der Waals surface area contributed by atoms with E-state index in [9.17, 15) is 14.7 Å². The fraction of sp³-hybridized carbons (Fsp3) is 0.333. The molecule has 0 spiro atoms. The standard InChI is InChI=1S/C12H12O4/c1-12(2,3)6-4-5-7(13)9-8(6)10(14)16-11(9)15/h4-5,13H,1-3H3. The van der Waals surface area contributed by atoms with E-state index in [0.29, 0.717) is 5.56 Å². The number of hydrogen-bond acceptors (Lipinski definition) is 4. The van der Waals surface area contributed by atoms with Crippen LogP contribution in [0.4, 0.5) is 0 Å². The fourth-order valence-corrected chi connectivity index (χ4v) is 1.82. The van der Waals surface area contributed by atoms with Gasteiger partial charge in [0.1, 0.15) is 11.3 Å². The Morgan fingerprint density at radius 2 is 1.62 bits per heavy atom. The summed E-state index contributed by atoms with van der Waals surface area (Å²) in [5.41, 5.74) is 0.590. The highest BCUT2D eigenvalue weighted by molar-refractivity contribution is 6.17. The Kier molecular flexibility index (Phi) is 2.05. The highest BCUT2D eigenvalue weighted by atomic mass is 16.6. The van der Waals surface area contributed by atoms with Gasteiger partial charge in [0.15, 0.2) is 0 Å². The van der Waals surface area contributed by atoms with Crippen LogP contribution in [-0.2, 0) is 10.2 Å². The lowest BCUT2D eigenvalue weighted by Gasteiger charge is -2.20. The molecule has 84 valence electrons. The summed E-state index contributed by atoms with van der Waals surface area (Å²) in [6, 6.07) is 3.06. The third kappa shape index (κ3) is 1.38. The van der Waals surface area contributed by atoms with Crippen LogP contribution in [0.25, 0.3) is 0 Å². The summed E-state index contributed by atoms with van der Waals surface area (Å²) in [6.45, 7) is 5.78.